The predicted octanol–water partition coefficient (Wildman–Crippen LogP) is 3.11. The molecule has 0 spiro atoms. The van der Waals surface area contributed by atoms with Crippen LogP contribution in [0.5, 0.6) is 5.75 Å². The van der Waals surface area contributed by atoms with Crippen molar-refractivity contribution in [1.29, 1.82) is 0 Å². The molecule has 2 aliphatic rings. The van der Waals surface area contributed by atoms with E-state index in [4.69, 9.17) is 4.74 Å². The summed E-state index contributed by atoms with van der Waals surface area (Å²) in [5.41, 5.74) is 1.22. The molecule has 2 saturated heterocycles. The lowest BCUT2D eigenvalue weighted by molar-refractivity contribution is -0.122. The first-order valence-corrected chi connectivity index (χ1v) is 12.6. The van der Waals surface area contributed by atoms with E-state index < -0.39 is 15.9 Å². The van der Waals surface area contributed by atoms with Crippen LogP contribution in [0.3, 0.4) is 0 Å². The van der Waals surface area contributed by atoms with Crippen molar-refractivity contribution in [3.05, 3.63) is 48.5 Å². The van der Waals surface area contributed by atoms with Gasteiger partial charge in [-0.3, -0.25) is 9.59 Å². The van der Waals surface area contributed by atoms with Crippen molar-refractivity contribution in [3.63, 3.8) is 0 Å². The molecule has 4 rings (SSSR count). The normalized spacial score (nSPS) is 20.1. The SMILES string of the molecule is COc1ccc(NC(=O)[C@@H]2CC(=O)N(c3ccc(S(=O)(=O)N4CCC(C)CC4)cc3)C2)cc1. The lowest BCUT2D eigenvalue weighted by Crippen LogP contribution is -2.37. The van der Waals surface area contributed by atoms with Gasteiger partial charge in [0.15, 0.2) is 0 Å². The number of sulfonamides is 1. The number of benzene rings is 2. The number of amides is 2. The van der Waals surface area contributed by atoms with Gasteiger partial charge in [0, 0.05) is 37.4 Å². The summed E-state index contributed by atoms with van der Waals surface area (Å²) in [6, 6.07) is 13.4. The molecule has 0 unspecified atom stereocenters. The van der Waals surface area contributed by atoms with Crippen LogP contribution in [0.2, 0.25) is 0 Å². The number of hydrogen-bond donors (Lipinski definition) is 1. The number of piperidine rings is 1. The Hall–Kier alpha value is -2.91. The lowest BCUT2D eigenvalue weighted by Gasteiger charge is -2.29. The third-order valence-electron chi connectivity index (χ3n) is 6.38. The highest BCUT2D eigenvalue weighted by molar-refractivity contribution is 7.89. The van der Waals surface area contributed by atoms with Gasteiger partial charge in [0.2, 0.25) is 21.8 Å². The molecule has 9 heteroatoms. The zero-order chi connectivity index (χ0) is 23.6. The minimum Gasteiger partial charge on any atom is -0.497 e. The standard InChI is InChI=1S/C24H29N3O5S/c1-17-11-13-26(14-12-17)33(30,31)22-9-5-20(6-10-22)27-16-18(15-23(27)28)24(29)25-19-3-7-21(32-2)8-4-19/h3-10,17-18H,11-16H2,1-2H3,(H,25,29)/t18-/m1/s1. The van der Waals surface area contributed by atoms with Gasteiger partial charge in [-0.25, -0.2) is 8.42 Å². The fraction of sp³-hybridized carbons (Fsp3) is 0.417. The van der Waals surface area contributed by atoms with E-state index in [1.807, 2.05) is 0 Å². The number of anilines is 2. The highest BCUT2D eigenvalue weighted by Crippen LogP contribution is 2.29. The first-order valence-electron chi connectivity index (χ1n) is 11.1. The molecule has 2 aromatic carbocycles. The molecule has 0 aromatic heterocycles. The summed E-state index contributed by atoms with van der Waals surface area (Å²) in [5, 5.41) is 2.84. The van der Waals surface area contributed by atoms with Gasteiger partial charge in [0.1, 0.15) is 5.75 Å². The quantitative estimate of drug-likeness (QED) is 0.698. The van der Waals surface area contributed by atoms with E-state index in [9.17, 15) is 18.0 Å². The number of nitrogens with zero attached hydrogens (tertiary/aromatic N) is 2. The minimum atomic E-state index is -3.55. The van der Waals surface area contributed by atoms with E-state index in [0.29, 0.717) is 36.1 Å². The molecule has 2 amide bonds. The molecule has 176 valence electrons. The first-order chi connectivity index (χ1) is 15.8. The monoisotopic (exact) mass is 471 g/mol. The second-order valence-electron chi connectivity index (χ2n) is 8.70. The number of carbonyl (C=O) groups excluding carboxylic acids is 2. The van der Waals surface area contributed by atoms with Crippen LogP contribution in [0.15, 0.2) is 53.4 Å². The van der Waals surface area contributed by atoms with Crippen LogP contribution in [0, 0.1) is 11.8 Å². The van der Waals surface area contributed by atoms with Crippen LogP contribution >= 0.6 is 0 Å². The Balaban J connectivity index is 1.41. The van der Waals surface area contributed by atoms with E-state index in [0.717, 1.165) is 12.8 Å². The maximum absolute atomic E-state index is 12.9. The molecular weight excluding hydrogens is 442 g/mol. The molecule has 8 nitrogen and oxygen atoms in total. The topological polar surface area (TPSA) is 96.0 Å². The summed E-state index contributed by atoms with van der Waals surface area (Å²) in [5.74, 6) is 0.351. The number of hydrogen-bond acceptors (Lipinski definition) is 5. The Kier molecular flexibility index (Phi) is 6.71. The maximum atomic E-state index is 12.9. The summed E-state index contributed by atoms with van der Waals surface area (Å²) in [6.45, 7) is 3.44. The van der Waals surface area contributed by atoms with Crippen molar-refractivity contribution in [2.75, 3.05) is 37.0 Å². The summed E-state index contributed by atoms with van der Waals surface area (Å²) in [7, 11) is -1.97. The van der Waals surface area contributed by atoms with E-state index in [1.54, 1.807) is 55.6 Å². The van der Waals surface area contributed by atoms with Crippen molar-refractivity contribution >= 4 is 33.2 Å². The lowest BCUT2D eigenvalue weighted by atomic mass is 10.0. The molecule has 0 radical (unpaired) electrons. The Labute approximate surface area is 194 Å². The predicted molar refractivity (Wildman–Crippen MR) is 126 cm³/mol. The highest BCUT2D eigenvalue weighted by Gasteiger charge is 2.35. The van der Waals surface area contributed by atoms with Crippen LogP contribution in [-0.2, 0) is 19.6 Å². The summed E-state index contributed by atoms with van der Waals surface area (Å²) < 4.78 is 32.5. The third-order valence-corrected chi connectivity index (χ3v) is 8.30. The molecule has 2 aliphatic heterocycles. The fourth-order valence-corrected chi connectivity index (χ4v) is 5.69. The van der Waals surface area contributed by atoms with Gasteiger partial charge >= 0.3 is 0 Å². The molecule has 2 fully saturated rings. The van der Waals surface area contributed by atoms with Crippen LogP contribution in [0.25, 0.3) is 0 Å². The third kappa shape index (κ3) is 5.04. The summed E-state index contributed by atoms with van der Waals surface area (Å²) in [4.78, 5) is 27.0. The summed E-state index contributed by atoms with van der Waals surface area (Å²) in [6.07, 6.45) is 1.83. The molecular formula is C24H29N3O5S. The molecule has 0 bridgehead atoms. The molecule has 0 saturated carbocycles. The van der Waals surface area contributed by atoms with E-state index in [-0.39, 0.29) is 29.7 Å². The highest BCUT2D eigenvalue weighted by atomic mass is 32.2. The van der Waals surface area contributed by atoms with E-state index in [2.05, 4.69) is 12.2 Å². The molecule has 2 heterocycles. The van der Waals surface area contributed by atoms with E-state index in [1.165, 1.54) is 9.21 Å². The number of ether oxygens (including phenoxy) is 1. The first kappa shape index (κ1) is 23.3. The Morgan fingerprint density at radius 2 is 1.67 bits per heavy atom. The average molecular weight is 472 g/mol. The molecule has 1 N–H and O–H groups in total. The van der Waals surface area contributed by atoms with Gasteiger partial charge in [-0.15, -0.1) is 0 Å². The second-order valence-corrected chi connectivity index (χ2v) is 10.6. The molecule has 33 heavy (non-hydrogen) atoms. The fourth-order valence-electron chi connectivity index (χ4n) is 4.22. The van der Waals surface area contributed by atoms with Gasteiger partial charge in [-0.05, 0) is 67.3 Å². The number of nitrogens with one attached hydrogen (secondary N) is 1. The largest absolute Gasteiger partial charge is 0.497 e. The number of rotatable bonds is 6. The van der Waals surface area contributed by atoms with Gasteiger partial charge < -0.3 is 15.0 Å². The zero-order valence-electron chi connectivity index (χ0n) is 18.9. The smallest absolute Gasteiger partial charge is 0.243 e. The Morgan fingerprint density at radius 3 is 2.27 bits per heavy atom. The van der Waals surface area contributed by atoms with Crippen molar-refractivity contribution in [2.45, 2.75) is 31.1 Å². The van der Waals surface area contributed by atoms with Gasteiger partial charge in [-0.1, -0.05) is 6.92 Å². The Bertz CT molecular complexity index is 1110. The van der Waals surface area contributed by atoms with Crippen molar-refractivity contribution in [1.82, 2.24) is 4.31 Å². The molecule has 0 aliphatic carbocycles. The van der Waals surface area contributed by atoms with Gasteiger partial charge in [0.25, 0.3) is 0 Å². The number of methoxy groups -OCH3 is 1. The van der Waals surface area contributed by atoms with Crippen molar-refractivity contribution < 1.29 is 22.7 Å². The van der Waals surface area contributed by atoms with Crippen LogP contribution in [0.1, 0.15) is 26.2 Å². The number of carbonyl (C=O) groups is 2. The summed E-state index contributed by atoms with van der Waals surface area (Å²) >= 11 is 0. The zero-order valence-corrected chi connectivity index (χ0v) is 19.7. The van der Waals surface area contributed by atoms with E-state index >= 15 is 0 Å². The Morgan fingerprint density at radius 1 is 1.03 bits per heavy atom. The second kappa shape index (κ2) is 9.52. The maximum Gasteiger partial charge on any atom is 0.243 e. The average Bonchev–Trinajstić information content (AvgIpc) is 3.22. The van der Waals surface area contributed by atoms with Gasteiger partial charge in [-0.2, -0.15) is 4.31 Å². The molecule has 1 atom stereocenters. The van der Waals surface area contributed by atoms with Crippen LogP contribution < -0.4 is 15.0 Å². The van der Waals surface area contributed by atoms with Crippen molar-refractivity contribution in [2.24, 2.45) is 11.8 Å². The van der Waals surface area contributed by atoms with Crippen LogP contribution in [0.4, 0.5) is 11.4 Å². The minimum absolute atomic E-state index is 0.105. The van der Waals surface area contributed by atoms with Gasteiger partial charge in [0.05, 0.1) is 17.9 Å². The molecule has 2 aromatic rings. The van der Waals surface area contributed by atoms with Crippen molar-refractivity contribution in [3.8, 4) is 5.75 Å². The van der Waals surface area contributed by atoms with Crippen LogP contribution in [-0.4, -0.2) is 51.3 Å².